The fraction of sp³-hybridized carbons (Fsp3) is 0.0769. The molecule has 19 heavy (non-hydrogen) atoms. The number of rotatable bonds is 2. The number of nitrogen functional groups attached to an aromatic ring is 1. The molecule has 96 valence electrons. The Hall–Kier alpha value is -1.66. The highest BCUT2D eigenvalue weighted by Gasteiger charge is 2.15. The molecule has 2 heterocycles. The number of hydrogen-bond acceptors (Lipinski definition) is 5. The first kappa shape index (κ1) is 12.4. The third kappa shape index (κ3) is 2.29. The molecule has 0 aliphatic heterocycles. The molecule has 1 aromatic carbocycles. The number of hydrogen-bond donors (Lipinski definition) is 1. The van der Waals surface area contributed by atoms with Crippen molar-refractivity contribution in [3.8, 4) is 22.8 Å². The van der Waals surface area contributed by atoms with Gasteiger partial charge in [0, 0.05) is 10.0 Å². The number of halogens is 1. The molecule has 0 fully saturated rings. The summed E-state index contributed by atoms with van der Waals surface area (Å²) in [6, 6.07) is 7.87. The average molecular weight is 336 g/mol. The van der Waals surface area contributed by atoms with E-state index in [1.54, 1.807) is 0 Å². The van der Waals surface area contributed by atoms with Crippen LogP contribution in [0.2, 0.25) is 0 Å². The molecule has 0 atom stereocenters. The molecule has 0 bridgehead atoms. The van der Waals surface area contributed by atoms with Crippen LogP contribution in [0.15, 0.2) is 38.6 Å². The predicted molar refractivity (Wildman–Crippen MR) is 79.9 cm³/mol. The molecule has 0 unspecified atom stereocenters. The summed E-state index contributed by atoms with van der Waals surface area (Å²) >= 11 is 4.96. The van der Waals surface area contributed by atoms with Crippen molar-refractivity contribution in [1.82, 2.24) is 10.1 Å². The second-order valence-electron chi connectivity index (χ2n) is 4.10. The number of aromatic nitrogens is 2. The summed E-state index contributed by atoms with van der Waals surface area (Å²) in [4.78, 5) is 4.39. The molecule has 2 N–H and O–H groups in total. The number of benzene rings is 1. The first-order valence-electron chi connectivity index (χ1n) is 5.59. The number of thiophene rings is 1. The van der Waals surface area contributed by atoms with E-state index in [2.05, 4.69) is 26.1 Å². The van der Waals surface area contributed by atoms with E-state index in [0.29, 0.717) is 16.7 Å². The lowest BCUT2D eigenvalue weighted by Crippen LogP contribution is -1.85. The van der Waals surface area contributed by atoms with Gasteiger partial charge in [0.05, 0.1) is 10.6 Å². The van der Waals surface area contributed by atoms with Crippen LogP contribution in [0.1, 0.15) is 5.56 Å². The van der Waals surface area contributed by atoms with E-state index in [1.807, 2.05) is 36.6 Å². The summed E-state index contributed by atoms with van der Waals surface area (Å²) in [5.41, 5.74) is 8.70. The van der Waals surface area contributed by atoms with Gasteiger partial charge >= 0.3 is 0 Å². The molecule has 0 spiro atoms. The Kier molecular flexibility index (Phi) is 3.12. The highest BCUT2D eigenvalue weighted by molar-refractivity contribution is 9.10. The normalized spacial score (nSPS) is 10.8. The van der Waals surface area contributed by atoms with Crippen molar-refractivity contribution in [3.05, 3.63) is 39.7 Å². The topological polar surface area (TPSA) is 64.9 Å². The molecule has 2 aromatic heterocycles. The fourth-order valence-corrected chi connectivity index (χ4v) is 3.05. The second-order valence-corrected chi connectivity index (χ2v) is 5.91. The van der Waals surface area contributed by atoms with Crippen LogP contribution in [0.25, 0.3) is 22.8 Å². The van der Waals surface area contributed by atoms with Crippen LogP contribution in [-0.2, 0) is 0 Å². The zero-order chi connectivity index (χ0) is 13.4. The summed E-state index contributed by atoms with van der Waals surface area (Å²) in [7, 11) is 0. The Bertz CT molecular complexity index is 735. The van der Waals surface area contributed by atoms with E-state index in [0.717, 1.165) is 15.6 Å². The fourth-order valence-electron chi connectivity index (χ4n) is 1.74. The van der Waals surface area contributed by atoms with Gasteiger partial charge in [-0.1, -0.05) is 27.2 Å². The Balaban J connectivity index is 2.04. The van der Waals surface area contributed by atoms with Crippen LogP contribution >= 0.6 is 27.3 Å². The van der Waals surface area contributed by atoms with Crippen molar-refractivity contribution >= 4 is 32.3 Å². The Labute approximate surface area is 122 Å². The lowest BCUT2D eigenvalue weighted by molar-refractivity contribution is 0.432. The minimum atomic E-state index is 0.446. The van der Waals surface area contributed by atoms with Crippen LogP contribution < -0.4 is 5.73 Å². The molecule has 4 nitrogen and oxygen atoms in total. The highest BCUT2D eigenvalue weighted by atomic mass is 79.9. The molecular formula is C13H10BrN3OS. The van der Waals surface area contributed by atoms with E-state index < -0.39 is 0 Å². The van der Waals surface area contributed by atoms with Gasteiger partial charge in [-0.2, -0.15) is 4.98 Å². The molecule has 3 rings (SSSR count). The number of nitrogens with zero attached hydrogens (tertiary/aromatic N) is 2. The third-order valence-electron chi connectivity index (χ3n) is 2.72. The van der Waals surface area contributed by atoms with E-state index in [9.17, 15) is 0 Å². The Morgan fingerprint density at radius 3 is 2.79 bits per heavy atom. The molecule has 3 aromatic rings. The maximum atomic E-state index is 5.85. The molecule has 0 aliphatic rings. The van der Waals surface area contributed by atoms with Crippen LogP contribution in [-0.4, -0.2) is 10.1 Å². The standard InChI is InChI=1S/C13H10BrN3OS/c1-7-2-3-8(10(14)6-7)12-16-13(18-17-12)9-4-5-19-11(9)15/h2-6H,15H2,1H3. The van der Waals surface area contributed by atoms with Crippen molar-refractivity contribution in [2.45, 2.75) is 6.92 Å². The van der Waals surface area contributed by atoms with Gasteiger partial charge in [0.2, 0.25) is 5.82 Å². The predicted octanol–water partition coefficient (Wildman–Crippen LogP) is 4.12. The van der Waals surface area contributed by atoms with Crippen molar-refractivity contribution in [3.63, 3.8) is 0 Å². The first-order valence-corrected chi connectivity index (χ1v) is 7.26. The van der Waals surface area contributed by atoms with Gasteiger partial charge in [-0.25, -0.2) is 0 Å². The maximum absolute atomic E-state index is 5.85. The SMILES string of the molecule is Cc1ccc(-c2noc(-c3ccsc3N)n2)c(Br)c1. The zero-order valence-electron chi connectivity index (χ0n) is 10.1. The van der Waals surface area contributed by atoms with E-state index in [-0.39, 0.29) is 0 Å². The maximum Gasteiger partial charge on any atom is 0.261 e. The van der Waals surface area contributed by atoms with Crippen molar-refractivity contribution in [2.75, 3.05) is 5.73 Å². The van der Waals surface area contributed by atoms with Gasteiger partial charge in [-0.15, -0.1) is 11.3 Å². The summed E-state index contributed by atoms with van der Waals surface area (Å²) in [6.07, 6.45) is 0. The molecule has 0 radical (unpaired) electrons. The first-order chi connectivity index (χ1) is 9.15. The average Bonchev–Trinajstić information content (AvgIpc) is 2.97. The quantitative estimate of drug-likeness (QED) is 0.765. The van der Waals surface area contributed by atoms with Crippen LogP contribution in [0, 0.1) is 6.92 Å². The molecule has 0 amide bonds. The Morgan fingerprint density at radius 2 is 2.11 bits per heavy atom. The van der Waals surface area contributed by atoms with E-state index >= 15 is 0 Å². The minimum absolute atomic E-state index is 0.446. The Morgan fingerprint density at radius 1 is 1.26 bits per heavy atom. The van der Waals surface area contributed by atoms with Crippen LogP contribution in [0.5, 0.6) is 0 Å². The van der Waals surface area contributed by atoms with Crippen molar-refractivity contribution in [2.24, 2.45) is 0 Å². The molecule has 0 saturated carbocycles. The summed E-state index contributed by atoms with van der Waals surface area (Å²) in [6.45, 7) is 2.03. The summed E-state index contributed by atoms with van der Waals surface area (Å²) in [5.74, 6) is 0.994. The number of aryl methyl sites for hydroxylation is 1. The third-order valence-corrected chi connectivity index (χ3v) is 4.12. The van der Waals surface area contributed by atoms with Crippen LogP contribution in [0.3, 0.4) is 0 Å². The van der Waals surface area contributed by atoms with E-state index in [1.165, 1.54) is 16.9 Å². The van der Waals surface area contributed by atoms with Gasteiger partial charge in [-0.3, -0.25) is 0 Å². The van der Waals surface area contributed by atoms with Crippen molar-refractivity contribution in [1.29, 1.82) is 0 Å². The van der Waals surface area contributed by atoms with Gasteiger partial charge in [0.25, 0.3) is 5.89 Å². The molecular weight excluding hydrogens is 326 g/mol. The molecule has 0 aliphatic carbocycles. The van der Waals surface area contributed by atoms with Crippen LogP contribution in [0.4, 0.5) is 5.00 Å². The molecule has 0 saturated heterocycles. The molecule has 6 heteroatoms. The summed E-state index contributed by atoms with van der Waals surface area (Å²) < 4.78 is 6.22. The lowest BCUT2D eigenvalue weighted by atomic mass is 10.1. The van der Waals surface area contributed by atoms with E-state index in [4.69, 9.17) is 10.3 Å². The van der Waals surface area contributed by atoms with Gasteiger partial charge in [0.1, 0.15) is 0 Å². The van der Waals surface area contributed by atoms with Gasteiger partial charge in [-0.05, 0) is 36.1 Å². The largest absolute Gasteiger partial charge is 0.390 e. The second kappa shape index (κ2) is 4.79. The van der Waals surface area contributed by atoms with Gasteiger partial charge < -0.3 is 10.3 Å². The number of anilines is 1. The van der Waals surface area contributed by atoms with Crippen molar-refractivity contribution < 1.29 is 4.52 Å². The lowest BCUT2D eigenvalue weighted by Gasteiger charge is -1.99. The highest BCUT2D eigenvalue weighted by Crippen LogP contribution is 2.32. The minimum Gasteiger partial charge on any atom is -0.390 e. The number of nitrogens with two attached hydrogens (primary N) is 1. The smallest absolute Gasteiger partial charge is 0.261 e. The zero-order valence-corrected chi connectivity index (χ0v) is 12.5. The summed E-state index contributed by atoms with van der Waals surface area (Å²) in [5, 5.41) is 6.58. The van der Waals surface area contributed by atoms with Gasteiger partial charge in [0.15, 0.2) is 0 Å². The monoisotopic (exact) mass is 335 g/mol.